The van der Waals surface area contributed by atoms with E-state index in [1.807, 2.05) is 0 Å². The molecule has 0 saturated heterocycles. The predicted octanol–water partition coefficient (Wildman–Crippen LogP) is 5.72. The summed E-state index contributed by atoms with van der Waals surface area (Å²) in [6.45, 7) is 1.71. The van der Waals surface area contributed by atoms with Gasteiger partial charge in [0.15, 0.2) is 0 Å². The van der Waals surface area contributed by atoms with E-state index >= 15 is 0 Å². The van der Waals surface area contributed by atoms with E-state index in [0.717, 1.165) is 0 Å². The van der Waals surface area contributed by atoms with Crippen molar-refractivity contribution in [1.29, 1.82) is 0 Å². The minimum absolute atomic E-state index is 0.0241. The maximum absolute atomic E-state index is 13.8. The summed E-state index contributed by atoms with van der Waals surface area (Å²) < 4.78 is 25.0. The zero-order valence-electron chi connectivity index (χ0n) is 16.9. The Kier molecular flexibility index (Phi) is 6.30. The molecule has 9 heteroatoms. The molecule has 0 aliphatic heterocycles. The average Bonchev–Trinajstić information content (AvgIpc) is 3.11. The van der Waals surface area contributed by atoms with Crippen LogP contribution in [0.1, 0.15) is 50.6 Å². The second kappa shape index (κ2) is 9.14. The van der Waals surface area contributed by atoms with Crippen molar-refractivity contribution in [1.82, 2.24) is 5.43 Å². The molecule has 32 heavy (non-hydrogen) atoms. The van der Waals surface area contributed by atoms with Crippen molar-refractivity contribution >= 4 is 40.8 Å². The third kappa shape index (κ3) is 4.40. The van der Waals surface area contributed by atoms with Gasteiger partial charge in [0.25, 0.3) is 5.91 Å². The van der Waals surface area contributed by atoms with Gasteiger partial charge in [-0.1, -0.05) is 35.3 Å². The van der Waals surface area contributed by atoms with E-state index < -0.39 is 17.7 Å². The van der Waals surface area contributed by atoms with Crippen LogP contribution in [-0.4, -0.2) is 17.6 Å². The Morgan fingerprint density at radius 3 is 2.69 bits per heavy atom. The Hall–Kier alpha value is -3.16. The van der Waals surface area contributed by atoms with E-state index in [0.29, 0.717) is 46.9 Å². The molecule has 1 heterocycles. The molecule has 1 N–H and O–H groups in total. The molecule has 0 radical (unpaired) electrons. The van der Waals surface area contributed by atoms with Gasteiger partial charge in [-0.3, -0.25) is 4.79 Å². The molecule has 0 bridgehead atoms. The van der Waals surface area contributed by atoms with Gasteiger partial charge < -0.3 is 9.15 Å². The lowest BCUT2D eigenvalue weighted by Crippen LogP contribution is -2.23. The molecule has 1 aliphatic rings. The zero-order valence-corrected chi connectivity index (χ0v) is 18.4. The van der Waals surface area contributed by atoms with Crippen LogP contribution < -0.4 is 10.2 Å². The fourth-order valence-corrected chi connectivity index (χ4v) is 3.95. The van der Waals surface area contributed by atoms with Gasteiger partial charge in [-0.15, -0.1) is 0 Å². The van der Waals surface area contributed by atoms with Crippen molar-refractivity contribution in [2.45, 2.75) is 26.2 Å². The van der Waals surface area contributed by atoms with Crippen LogP contribution >= 0.6 is 23.2 Å². The molecule has 2 aromatic carbocycles. The Morgan fingerprint density at radius 1 is 1.16 bits per heavy atom. The summed E-state index contributed by atoms with van der Waals surface area (Å²) in [7, 11) is 0. The molecule has 6 nitrogen and oxygen atoms in total. The largest absolute Gasteiger partial charge is 0.453 e. The van der Waals surface area contributed by atoms with E-state index in [-0.39, 0.29) is 22.1 Å². The fraction of sp³-hybridized carbons (Fsp3) is 0.174. The number of hydrazone groups is 1. The molecule has 1 aliphatic carbocycles. The van der Waals surface area contributed by atoms with Crippen LogP contribution in [0.15, 0.2) is 52.0 Å². The Bertz CT molecular complexity index is 1250. The summed E-state index contributed by atoms with van der Waals surface area (Å²) >= 11 is 12.0. The Morgan fingerprint density at radius 2 is 1.94 bits per heavy atom. The highest BCUT2D eigenvalue weighted by Gasteiger charge is 2.29. The number of ether oxygens (including phenoxy) is 1. The van der Waals surface area contributed by atoms with Crippen LogP contribution in [0.25, 0.3) is 0 Å². The number of carbonyl (C=O) groups excluding carboxylic acids is 2. The van der Waals surface area contributed by atoms with Gasteiger partial charge in [-0.05, 0) is 50.1 Å². The fourth-order valence-electron chi connectivity index (χ4n) is 3.50. The number of furan rings is 1. The summed E-state index contributed by atoms with van der Waals surface area (Å²) in [4.78, 5) is 25.0. The monoisotopic (exact) mass is 474 g/mol. The molecular weight excluding hydrogens is 458 g/mol. The molecule has 0 fully saturated rings. The van der Waals surface area contributed by atoms with Crippen LogP contribution in [0.3, 0.4) is 0 Å². The van der Waals surface area contributed by atoms with Gasteiger partial charge in [0.05, 0.1) is 16.3 Å². The number of hydrogen-bond acceptors (Lipinski definition) is 5. The zero-order chi connectivity index (χ0) is 22.8. The molecule has 1 aromatic heterocycles. The van der Waals surface area contributed by atoms with Gasteiger partial charge in [0, 0.05) is 22.6 Å². The number of amides is 1. The first-order valence-electron chi connectivity index (χ1n) is 9.76. The van der Waals surface area contributed by atoms with Crippen molar-refractivity contribution in [2.24, 2.45) is 5.10 Å². The molecule has 0 saturated carbocycles. The molecule has 3 aromatic rings. The van der Waals surface area contributed by atoms with Crippen LogP contribution in [0.2, 0.25) is 10.0 Å². The summed E-state index contributed by atoms with van der Waals surface area (Å²) in [5.74, 6) is -1.27. The van der Waals surface area contributed by atoms with Crippen LogP contribution in [0.4, 0.5) is 4.39 Å². The van der Waals surface area contributed by atoms with Crippen LogP contribution in [0.5, 0.6) is 5.75 Å². The summed E-state index contributed by atoms with van der Waals surface area (Å²) in [6, 6.07) is 10.1. The molecule has 164 valence electrons. The second-order valence-corrected chi connectivity index (χ2v) is 8.00. The summed E-state index contributed by atoms with van der Waals surface area (Å²) in [6.07, 6.45) is 1.87. The van der Waals surface area contributed by atoms with Crippen molar-refractivity contribution in [3.63, 3.8) is 0 Å². The SMILES string of the molecule is Cc1c(C(=O)Oc2ccc(Cl)cc2Cl)oc2c1/C(=N/NC(=O)c1ccccc1F)CCC2. The first kappa shape index (κ1) is 22.0. The maximum Gasteiger partial charge on any atom is 0.379 e. The number of nitrogens with zero attached hydrogens (tertiary/aromatic N) is 1. The van der Waals surface area contributed by atoms with E-state index in [1.54, 1.807) is 19.1 Å². The molecule has 4 rings (SSSR count). The predicted molar refractivity (Wildman–Crippen MR) is 118 cm³/mol. The van der Waals surface area contributed by atoms with Crippen molar-refractivity contribution in [3.8, 4) is 5.75 Å². The van der Waals surface area contributed by atoms with E-state index in [9.17, 15) is 14.0 Å². The second-order valence-electron chi connectivity index (χ2n) is 7.15. The molecule has 1 amide bonds. The molecule has 0 unspecified atom stereocenters. The maximum atomic E-state index is 13.8. The molecule has 0 atom stereocenters. The van der Waals surface area contributed by atoms with Gasteiger partial charge >= 0.3 is 5.97 Å². The minimum Gasteiger partial charge on any atom is -0.453 e. The number of esters is 1. The lowest BCUT2D eigenvalue weighted by atomic mass is 9.93. The highest BCUT2D eigenvalue weighted by molar-refractivity contribution is 6.35. The number of hydrogen-bond donors (Lipinski definition) is 1. The first-order chi connectivity index (χ1) is 15.3. The van der Waals surface area contributed by atoms with Crippen LogP contribution in [-0.2, 0) is 6.42 Å². The normalized spacial score (nSPS) is 14.2. The third-order valence-electron chi connectivity index (χ3n) is 5.02. The number of benzene rings is 2. The minimum atomic E-state index is -0.712. The van der Waals surface area contributed by atoms with Crippen molar-refractivity contribution in [3.05, 3.63) is 86.5 Å². The summed E-state index contributed by atoms with van der Waals surface area (Å²) in [5, 5.41) is 4.79. The van der Waals surface area contributed by atoms with Gasteiger partial charge in [-0.2, -0.15) is 5.10 Å². The third-order valence-corrected chi connectivity index (χ3v) is 5.55. The lowest BCUT2D eigenvalue weighted by molar-refractivity contribution is 0.0698. The average molecular weight is 475 g/mol. The van der Waals surface area contributed by atoms with Gasteiger partial charge in [-0.25, -0.2) is 14.6 Å². The van der Waals surface area contributed by atoms with E-state index in [2.05, 4.69) is 10.5 Å². The standard InChI is InChI=1S/C23H17Cl2FN2O4/c1-12-20-17(27-28-22(29)14-5-2-3-6-16(14)26)7-4-8-19(20)31-21(12)23(30)32-18-10-9-13(24)11-15(18)25/h2-3,5-6,9-11H,4,7-8H2,1H3,(H,28,29)/b27-17+. The smallest absolute Gasteiger partial charge is 0.379 e. The number of aryl methyl sites for hydroxylation is 1. The lowest BCUT2D eigenvalue weighted by Gasteiger charge is -2.13. The van der Waals surface area contributed by atoms with Gasteiger partial charge in [0.2, 0.25) is 5.76 Å². The van der Waals surface area contributed by atoms with Crippen molar-refractivity contribution < 1.29 is 23.1 Å². The number of fused-ring (bicyclic) bond motifs is 1. The molecular formula is C23H17Cl2FN2O4. The number of nitrogens with one attached hydrogen (secondary N) is 1. The Labute approximate surface area is 193 Å². The number of rotatable bonds is 4. The first-order valence-corrected chi connectivity index (χ1v) is 10.5. The Balaban J connectivity index is 1.58. The van der Waals surface area contributed by atoms with E-state index in [1.165, 1.54) is 30.3 Å². The quantitative estimate of drug-likeness (QED) is 0.297. The molecule has 0 spiro atoms. The number of halogens is 3. The highest BCUT2D eigenvalue weighted by Crippen LogP contribution is 2.32. The van der Waals surface area contributed by atoms with Crippen molar-refractivity contribution in [2.75, 3.05) is 0 Å². The van der Waals surface area contributed by atoms with Crippen LogP contribution in [0, 0.1) is 12.7 Å². The van der Waals surface area contributed by atoms with E-state index in [4.69, 9.17) is 32.4 Å². The highest BCUT2D eigenvalue weighted by atomic mass is 35.5. The van der Waals surface area contributed by atoms with Gasteiger partial charge in [0.1, 0.15) is 17.3 Å². The number of carbonyl (C=O) groups is 2. The summed E-state index contributed by atoms with van der Waals surface area (Å²) in [5.41, 5.74) is 4.00. The topological polar surface area (TPSA) is 80.9 Å².